The van der Waals surface area contributed by atoms with Gasteiger partial charge in [-0.25, -0.2) is 8.91 Å². The van der Waals surface area contributed by atoms with Crippen molar-refractivity contribution in [3.8, 4) is 11.4 Å². The molecule has 1 N–H and O–H groups in total. The third kappa shape index (κ3) is 1.72. The zero-order chi connectivity index (χ0) is 11.8. The van der Waals surface area contributed by atoms with E-state index in [1.807, 2.05) is 0 Å². The third-order valence-corrected chi connectivity index (χ3v) is 2.60. The minimum absolute atomic E-state index is 0.311. The number of nitrogens with one attached hydrogen (secondary N) is 1. The van der Waals surface area contributed by atoms with Gasteiger partial charge in [-0.3, -0.25) is 5.10 Å². The van der Waals surface area contributed by atoms with Crippen LogP contribution in [-0.4, -0.2) is 19.8 Å². The maximum absolute atomic E-state index is 13.2. The number of aromatic nitrogens is 4. The fraction of sp³-hybridized carbons (Fsp3) is 0. The minimum Gasteiger partial charge on any atom is -0.280 e. The Morgan fingerprint density at radius 2 is 2.06 bits per heavy atom. The van der Waals surface area contributed by atoms with E-state index in [4.69, 9.17) is 12.2 Å². The van der Waals surface area contributed by atoms with Crippen LogP contribution in [0.25, 0.3) is 17.0 Å². The highest BCUT2D eigenvalue weighted by atomic mass is 32.1. The van der Waals surface area contributed by atoms with Crippen LogP contribution in [0.15, 0.2) is 36.4 Å². The largest absolute Gasteiger partial charge is 0.280 e. The van der Waals surface area contributed by atoms with Crippen LogP contribution < -0.4 is 0 Å². The van der Waals surface area contributed by atoms with E-state index in [2.05, 4.69) is 15.3 Å². The molecule has 3 aromatic rings. The van der Waals surface area contributed by atoms with Crippen molar-refractivity contribution in [3.05, 3.63) is 46.9 Å². The first-order chi connectivity index (χ1) is 8.24. The summed E-state index contributed by atoms with van der Waals surface area (Å²) < 4.78 is 15.4. The van der Waals surface area contributed by atoms with Crippen LogP contribution in [0.4, 0.5) is 4.39 Å². The molecule has 0 amide bonds. The maximum atomic E-state index is 13.2. The predicted octanol–water partition coefficient (Wildman–Crippen LogP) is 2.59. The van der Waals surface area contributed by atoms with Crippen molar-refractivity contribution in [2.45, 2.75) is 0 Å². The summed E-state index contributed by atoms with van der Waals surface area (Å²) in [5.74, 6) is 0.222. The van der Waals surface area contributed by atoms with E-state index < -0.39 is 0 Å². The van der Waals surface area contributed by atoms with Gasteiger partial charge in [0.1, 0.15) is 10.5 Å². The van der Waals surface area contributed by atoms with Gasteiger partial charge < -0.3 is 0 Å². The van der Waals surface area contributed by atoms with E-state index in [0.29, 0.717) is 21.7 Å². The van der Waals surface area contributed by atoms with Gasteiger partial charge in [0.15, 0.2) is 11.5 Å². The summed E-state index contributed by atoms with van der Waals surface area (Å²) in [5.41, 5.74) is 1.28. The molecule has 0 unspecified atom stereocenters. The van der Waals surface area contributed by atoms with E-state index in [0.717, 1.165) is 0 Å². The SMILES string of the molecule is Fc1cccc(-c2nnc3ccc(=S)[nH]n23)c1. The molecule has 0 spiro atoms. The lowest BCUT2D eigenvalue weighted by Gasteiger charge is -1.99. The Bertz CT molecular complexity index is 746. The summed E-state index contributed by atoms with van der Waals surface area (Å²) in [6, 6.07) is 9.67. The summed E-state index contributed by atoms with van der Waals surface area (Å²) in [6.07, 6.45) is 0. The van der Waals surface area contributed by atoms with Crippen LogP contribution in [0.1, 0.15) is 0 Å². The zero-order valence-electron chi connectivity index (χ0n) is 8.59. The van der Waals surface area contributed by atoms with Gasteiger partial charge in [0.05, 0.1) is 0 Å². The smallest absolute Gasteiger partial charge is 0.183 e. The molecule has 0 saturated heterocycles. The lowest BCUT2D eigenvalue weighted by atomic mass is 10.2. The minimum atomic E-state index is -0.311. The van der Waals surface area contributed by atoms with E-state index in [1.54, 1.807) is 28.8 Å². The van der Waals surface area contributed by atoms with Crippen molar-refractivity contribution in [1.82, 2.24) is 19.8 Å². The molecule has 4 nitrogen and oxygen atoms in total. The Kier molecular flexibility index (Phi) is 2.22. The predicted molar refractivity (Wildman–Crippen MR) is 63.6 cm³/mol. The molecule has 0 atom stereocenters. The van der Waals surface area contributed by atoms with Crippen molar-refractivity contribution in [2.75, 3.05) is 0 Å². The molecule has 0 aliphatic rings. The molecule has 0 aliphatic carbocycles. The molecule has 6 heteroatoms. The number of hydrogen-bond donors (Lipinski definition) is 1. The zero-order valence-corrected chi connectivity index (χ0v) is 9.41. The van der Waals surface area contributed by atoms with Gasteiger partial charge in [0.2, 0.25) is 0 Å². The van der Waals surface area contributed by atoms with Crippen LogP contribution in [-0.2, 0) is 0 Å². The molecule has 84 valence electrons. The fourth-order valence-corrected chi connectivity index (χ4v) is 1.79. The molecule has 2 aromatic heterocycles. The van der Waals surface area contributed by atoms with E-state index in [1.165, 1.54) is 12.1 Å². The molecular formula is C11H7FN4S. The van der Waals surface area contributed by atoms with Crippen molar-refractivity contribution < 1.29 is 4.39 Å². The van der Waals surface area contributed by atoms with E-state index in [-0.39, 0.29) is 5.82 Å². The van der Waals surface area contributed by atoms with Crippen molar-refractivity contribution >= 4 is 17.9 Å². The number of halogens is 1. The second-order valence-corrected chi connectivity index (χ2v) is 3.98. The highest BCUT2D eigenvalue weighted by Crippen LogP contribution is 2.17. The molecule has 2 heterocycles. The number of rotatable bonds is 1. The molecule has 17 heavy (non-hydrogen) atoms. The van der Waals surface area contributed by atoms with Gasteiger partial charge in [-0.15, -0.1) is 10.2 Å². The Hall–Kier alpha value is -2.08. The Morgan fingerprint density at radius 3 is 2.88 bits per heavy atom. The first kappa shape index (κ1) is 10.1. The highest BCUT2D eigenvalue weighted by molar-refractivity contribution is 7.71. The van der Waals surface area contributed by atoms with Gasteiger partial charge in [0.25, 0.3) is 0 Å². The van der Waals surface area contributed by atoms with Crippen molar-refractivity contribution in [1.29, 1.82) is 0 Å². The molecule has 0 saturated carbocycles. The number of H-pyrrole nitrogens is 1. The molecular weight excluding hydrogens is 239 g/mol. The molecule has 0 aliphatic heterocycles. The third-order valence-electron chi connectivity index (χ3n) is 2.38. The quantitative estimate of drug-likeness (QED) is 0.671. The number of aromatic amines is 1. The fourth-order valence-electron chi connectivity index (χ4n) is 1.63. The standard InChI is InChI=1S/C11H7FN4S/c12-8-3-1-2-7(6-8)11-14-13-9-4-5-10(17)15-16(9)11/h1-6H,(H,15,17). The second kappa shape index (κ2) is 3.74. The average molecular weight is 246 g/mol. The molecule has 0 bridgehead atoms. The number of nitrogens with zero attached hydrogens (tertiary/aromatic N) is 3. The monoisotopic (exact) mass is 246 g/mol. The Labute approximate surface area is 101 Å². The number of benzene rings is 1. The molecule has 0 fully saturated rings. The van der Waals surface area contributed by atoms with E-state index >= 15 is 0 Å². The lowest BCUT2D eigenvalue weighted by Crippen LogP contribution is -1.94. The first-order valence-electron chi connectivity index (χ1n) is 4.94. The summed E-state index contributed by atoms with van der Waals surface area (Å²) in [7, 11) is 0. The lowest BCUT2D eigenvalue weighted by molar-refractivity contribution is 0.628. The Morgan fingerprint density at radius 1 is 1.18 bits per heavy atom. The van der Waals surface area contributed by atoms with Gasteiger partial charge >= 0.3 is 0 Å². The molecule has 1 aromatic carbocycles. The number of fused-ring (bicyclic) bond motifs is 1. The summed E-state index contributed by atoms with van der Waals surface area (Å²) >= 11 is 5.03. The normalized spacial score (nSPS) is 10.9. The van der Waals surface area contributed by atoms with Gasteiger partial charge in [0, 0.05) is 5.56 Å². The van der Waals surface area contributed by atoms with Crippen molar-refractivity contribution in [2.24, 2.45) is 0 Å². The van der Waals surface area contributed by atoms with Crippen LogP contribution in [0, 0.1) is 10.5 Å². The summed E-state index contributed by atoms with van der Waals surface area (Å²) in [5, 5.41) is 10.9. The van der Waals surface area contributed by atoms with E-state index in [9.17, 15) is 4.39 Å². The average Bonchev–Trinajstić information content (AvgIpc) is 2.71. The molecule has 3 rings (SSSR count). The van der Waals surface area contributed by atoms with Crippen LogP contribution >= 0.6 is 12.2 Å². The van der Waals surface area contributed by atoms with Gasteiger partial charge in [-0.1, -0.05) is 24.4 Å². The Balaban J connectivity index is 2.30. The number of hydrogen-bond acceptors (Lipinski definition) is 3. The van der Waals surface area contributed by atoms with Gasteiger partial charge in [-0.05, 0) is 24.3 Å². The van der Waals surface area contributed by atoms with Crippen molar-refractivity contribution in [3.63, 3.8) is 0 Å². The second-order valence-electron chi connectivity index (χ2n) is 3.54. The van der Waals surface area contributed by atoms with Gasteiger partial charge in [-0.2, -0.15) is 0 Å². The van der Waals surface area contributed by atoms with Crippen LogP contribution in [0.2, 0.25) is 0 Å². The summed E-state index contributed by atoms with van der Waals surface area (Å²) in [4.78, 5) is 0. The van der Waals surface area contributed by atoms with Crippen LogP contribution in [0.5, 0.6) is 0 Å². The first-order valence-corrected chi connectivity index (χ1v) is 5.35. The topological polar surface area (TPSA) is 46.0 Å². The molecule has 0 radical (unpaired) electrons. The highest BCUT2D eigenvalue weighted by Gasteiger charge is 2.08. The summed E-state index contributed by atoms with van der Waals surface area (Å²) in [6.45, 7) is 0. The maximum Gasteiger partial charge on any atom is 0.183 e. The van der Waals surface area contributed by atoms with Crippen LogP contribution in [0.3, 0.4) is 0 Å².